The third kappa shape index (κ3) is 3.66. The zero-order valence-corrected chi connectivity index (χ0v) is 11.9. The zero-order chi connectivity index (χ0) is 13.8. The molecule has 2 unspecified atom stereocenters. The van der Waals surface area contributed by atoms with Gasteiger partial charge in [0, 0.05) is 30.8 Å². The van der Waals surface area contributed by atoms with Gasteiger partial charge in [-0.3, -0.25) is 4.90 Å². The summed E-state index contributed by atoms with van der Waals surface area (Å²) in [5.41, 5.74) is 6.72. The van der Waals surface area contributed by atoms with Gasteiger partial charge in [-0.05, 0) is 37.6 Å². The molecular formula is C14H20ClFN2O. The maximum absolute atomic E-state index is 13.1. The molecule has 1 heterocycles. The molecule has 5 heteroatoms. The van der Waals surface area contributed by atoms with Crippen LogP contribution in [-0.4, -0.2) is 37.7 Å². The van der Waals surface area contributed by atoms with E-state index in [0.29, 0.717) is 11.6 Å². The van der Waals surface area contributed by atoms with Crippen LogP contribution < -0.4 is 5.73 Å². The number of benzene rings is 1. The molecule has 1 aromatic rings. The van der Waals surface area contributed by atoms with Crippen molar-refractivity contribution in [1.29, 1.82) is 0 Å². The summed E-state index contributed by atoms with van der Waals surface area (Å²) in [4.78, 5) is 2.13. The number of likely N-dealkylation sites (N-methyl/N-ethyl adjacent to an activating group) is 1. The fourth-order valence-corrected chi connectivity index (χ4v) is 2.85. The Balaban J connectivity index is 2.09. The monoisotopic (exact) mass is 286 g/mol. The average Bonchev–Trinajstić information content (AvgIpc) is 2.85. The first kappa shape index (κ1) is 14.7. The van der Waals surface area contributed by atoms with Crippen molar-refractivity contribution in [1.82, 2.24) is 4.90 Å². The molecule has 2 N–H and O–H groups in total. The summed E-state index contributed by atoms with van der Waals surface area (Å²) in [7, 11) is 2.00. The van der Waals surface area contributed by atoms with E-state index in [9.17, 15) is 4.39 Å². The molecule has 0 aromatic heterocycles. The van der Waals surface area contributed by atoms with Gasteiger partial charge in [-0.1, -0.05) is 17.7 Å². The van der Waals surface area contributed by atoms with Crippen molar-refractivity contribution in [3.63, 3.8) is 0 Å². The molecule has 0 bridgehead atoms. The van der Waals surface area contributed by atoms with Gasteiger partial charge in [0.25, 0.3) is 0 Å². The fourth-order valence-electron chi connectivity index (χ4n) is 2.55. The molecule has 0 amide bonds. The number of rotatable bonds is 5. The van der Waals surface area contributed by atoms with E-state index < -0.39 is 0 Å². The molecule has 1 aromatic carbocycles. The number of halogens is 2. The molecule has 1 aliphatic rings. The van der Waals surface area contributed by atoms with Gasteiger partial charge in [0.05, 0.1) is 6.10 Å². The maximum Gasteiger partial charge on any atom is 0.124 e. The highest BCUT2D eigenvalue weighted by Gasteiger charge is 2.23. The molecule has 106 valence electrons. The van der Waals surface area contributed by atoms with Crippen molar-refractivity contribution < 1.29 is 9.13 Å². The van der Waals surface area contributed by atoms with Crippen molar-refractivity contribution in [3.8, 4) is 0 Å². The van der Waals surface area contributed by atoms with E-state index in [1.807, 2.05) is 7.05 Å². The van der Waals surface area contributed by atoms with Gasteiger partial charge < -0.3 is 10.5 Å². The first-order chi connectivity index (χ1) is 9.11. The second-order valence-electron chi connectivity index (χ2n) is 4.99. The quantitative estimate of drug-likeness (QED) is 0.904. The second kappa shape index (κ2) is 6.66. The summed E-state index contributed by atoms with van der Waals surface area (Å²) in [6, 6.07) is 4.45. The highest BCUT2D eigenvalue weighted by Crippen LogP contribution is 2.28. The minimum atomic E-state index is -0.327. The number of nitrogens with zero attached hydrogens (tertiary/aromatic N) is 1. The molecule has 2 atom stereocenters. The molecule has 0 aliphatic carbocycles. The van der Waals surface area contributed by atoms with E-state index >= 15 is 0 Å². The van der Waals surface area contributed by atoms with Gasteiger partial charge in [-0.2, -0.15) is 0 Å². The van der Waals surface area contributed by atoms with Gasteiger partial charge >= 0.3 is 0 Å². The van der Waals surface area contributed by atoms with Crippen LogP contribution >= 0.6 is 11.6 Å². The normalized spacial score (nSPS) is 21.0. The molecule has 19 heavy (non-hydrogen) atoms. The van der Waals surface area contributed by atoms with E-state index in [1.54, 1.807) is 6.07 Å². The summed E-state index contributed by atoms with van der Waals surface area (Å²) in [6.45, 7) is 2.09. The van der Waals surface area contributed by atoms with Crippen molar-refractivity contribution in [2.75, 3.05) is 26.7 Å². The van der Waals surface area contributed by atoms with Crippen LogP contribution in [0.4, 0.5) is 4.39 Å². The van der Waals surface area contributed by atoms with Crippen molar-refractivity contribution in [3.05, 3.63) is 34.6 Å². The summed E-state index contributed by atoms with van der Waals surface area (Å²) in [5, 5.41) is 0.426. The minimum absolute atomic E-state index is 0.0164. The van der Waals surface area contributed by atoms with Crippen LogP contribution in [-0.2, 0) is 4.74 Å². The first-order valence-electron chi connectivity index (χ1n) is 6.58. The van der Waals surface area contributed by atoms with Crippen molar-refractivity contribution >= 4 is 11.6 Å². The molecule has 1 fully saturated rings. The number of hydrogen-bond acceptors (Lipinski definition) is 3. The lowest BCUT2D eigenvalue weighted by Gasteiger charge is -2.30. The van der Waals surface area contributed by atoms with E-state index in [1.165, 1.54) is 12.1 Å². The van der Waals surface area contributed by atoms with Crippen LogP contribution in [0, 0.1) is 5.82 Å². The highest BCUT2D eigenvalue weighted by atomic mass is 35.5. The highest BCUT2D eigenvalue weighted by molar-refractivity contribution is 6.31. The van der Waals surface area contributed by atoms with Gasteiger partial charge in [-0.25, -0.2) is 4.39 Å². The Bertz CT molecular complexity index is 424. The van der Waals surface area contributed by atoms with Crippen LogP contribution in [0.15, 0.2) is 18.2 Å². The number of nitrogens with two attached hydrogens (primary N) is 1. The lowest BCUT2D eigenvalue weighted by Crippen LogP contribution is -2.36. The summed E-state index contributed by atoms with van der Waals surface area (Å²) in [6.07, 6.45) is 2.46. The molecule has 2 rings (SSSR count). The Morgan fingerprint density at radius 3 is 2.95 bits per heavy atom. The van der Waals surface area contributed by atoms with E-state index in [4.69, 9.17) is 22.1 Å². The predicted octanol–water partition coefficient (Wildman–Crippen LogP) is 2.59. The zero-order valence-electron chi connectivity index (χ0n) is 11.1. The van der Waals surface area contributed by atoms with Gasteiger partial charge in [0.2, 0.25) is 0 Å². The Morgan fingerprint density at radius 2 is 2.37 bits per heavy atom. The Morgan fingerprint density at radius 1 is 1.58 bits per heavy atom. The molecular weight excluding hydrogens is 267 g/mol. The minimum Gasteiger partial charge on any atom is -0.377 e. The third-order valence-corrected chi connectivity index (χ3v) is 3.92. The summed E-state index contributed by atoms with van der Waals surface area (Å²) in [5.74, 6) is -0.327. The Hall–Kier alpha value is -0.680. The lowest BCUT2D eigenvalue weighted by atomic mass is 10.0. The predicted molar refractivity (Wildman–Crippen MR) is 74.8 cm³/mol. The van der Waals surface area contributed by atoms with Crippen LogP contribution in [0.2, 0.25) is 5.02 Å². The van der Waals surface area contributed by atoms with E-state index in [0.717, 1.165) is 31.6 Å². The van der Waals surface area contributed by atoms with Crippen molar-refractivity contribution in [2.45, 2.75) is 25.0 Å². The average molecular weight is 287 g/mol. The third-order valence-electron chi connectivity index (χ3n) is 3.59. The summed E-state index contributed by atoms with van der Waals surface area (Å²) < 4.78 is 18.7. The fraction of sp³-hybridized carbons (Fsp3) is 0.571. The lowest BCUT2D eigenvalue weighted by molar-refractivity contribution is 0.0689. The second-order valence-corrected chi connectivity index (χ2v) is 5.40. The maximum atomic E-state index is 13.1. The smallest absolute Gasteiger partial charge is 0.124 e. The van der Waals surface area contributed by atoms with Crippen LogP contribution in [0.25, 0.3) is 0 Å². The molecule has 0 saturated carbocycles. The molecule has 3 nitrogen and oxygen atoms in total. The topological polar surface area (TPSA) is 38.5 Å². The van der Waals surface area contributed by atoms with E-state index in [-0.39, 0.29) is 18.0 Å². The Labute approximate surface area is 118 Å². The molecule has 0 spiro atoms. The molecule has 1 aliphatic heterocycles. The van der Waals surface area contributed by atoms with E-state index in [2.05, 4.69) is 4.90 Å². The largest absolute Gasteiger partial charge is 0.377 e. The number of hydrogen-bond donors (Lipinski definition) is 1. The van der Waals surface area contributed by atoms with Gasteiger partial charge in [0.1, 0.15) is 5.82 Å². The van der Waals surface area contributed by atoms with Crippen molar-refractivity contribution in [2.24, 2.45) is 5.73 Å². The molecule has 1 saturated heterocycles. The SMILES string of the molecule is CN(CC1CCCO1)C(CN)c1ccc(F)cc1Cl. The first-order valence-corrected chi connectivity index (χ1v) is 6.96. The van der Waals surface area contributed by atoms with Gasteiger partial charge in [-0.15, -0.1) is 0 Å². The Kier molecular flexibility index (Phi) is 5.16. The van der Waals surface area contributed by atoms with Crippen LogP contribution in [0.5, 0.6) is 0 Å². The van der Waals surface area contributed by atoms with Crippen LogP contribution in [0.1, 0.15) is 24.4 Å². The molecule has 0 radical (unpaired) electrons. The van der Waals surface area contributed by atoms with Crippen LogP contribution in [0.3, 0.4) is 0 Å². The summed E-state index contributed by atoms with van der Waals surface area (Å²) >= 11 is 6.11. The van der Waals surface area contributed by atoms with Gasteiger partial charge in [0.15, 0.2) is 0 Å². The standard InChI is InChI=1S/C14H20ClFN2O/c1-18(9-11-3-2-6-19-11)14(8-17)12-5-4-10(16)7-13(12)15/h4-5,7,11,14H,2-3,6,8-9,17H2,1H3. The number of ether oxygens (including phenoxy) is 1.